The van der Waals surface area contributed by atoms with Crippen molar-refractivity contribution in [2.24, 2.45) is 5.73 Å². The lowest BCUT2D eigenvalue weighted by Gasteiger charge is -2.07. The van der Waals surface area contributed by atoms with Crippen LogP contribution in [0.25, 0.3) is 0 Å². The fourth-order valence-electron chi connectivity index (χ4n) is 1.81. The van der Waals surface area contributed by atoms with Crippen molar-refractivity contribution >= 4 is 6.29 Å². The van der Waals surface area contributed by atoms with E-state index < -0.39 is 6.04 Å². The van der Waals surface area contributed by atoms with E-state index in [1.165, 1.54) is 11.1 Å². The van der Waals surface area contributed by atoms with Crippen LogP contribution in [0.15, 0.2) is 54.7 Å². The Balaban J connectivity index is 2.55. The minimum Gasteiger partial charge on any atom is -0.490 e. The molecule has 0 aliphatic carbocycles. The zero-order valence-corrected chi connectivity index (χ0v) is 12.7. The quantitative estimate of drug-likeness (QED) is 0.589. The second kappa shape index (κ2) is 8.93. The van der Waals surface area contributed by atoms with Crippen molar-refractivity contribution in [1.82, 2.24) is 0 Å². The SMILES string of the molecule is C=C/C=C(\C=C/COc1ccc(C)c(C)c1)CC(N)C=O. The van der Waals surface area contributed by atoms with Gasteiger partial charge in [-0.2, -0.15) is 0 Å². The normalized spacial score (nSPS) is 13.2. The minimum atomic E-state index is -0.485. The lowest BCUT2D eigenvalue weighted by Crippen LogP contribution is -2.21. The Morgan fingerprint density at radius 3 is 2.76 bits per heavy atom. The van der Waals surface area contributed by atoms with E-state index >= 15 is 0 Å². The molecule has 2 N–H and O–H groups in total. The predicted molar refractivity (Wildman–Crippen MR) is 87.5 cm³/mol. The Morgan fingerprint density at radius 2 is 2.14 bits per heavy atom. The van der Waals surface area contributed by atoms with Gasteiger partial charge in [-0.25, -0.2) is 0 Å². The van der Waals surface area contributed by atoms with Crippen LogP contribution in [0.5, 0.6) is 5.75 Å². The van der Waals surface area contributed by atoms with Crippen molar-refractivity contribution in [2.75, 3.05) is 6.61 Å². The van der Waals surface area contributed by atoms with E-state index in [-0.39, 0.29) is 0 Å². The predicted octanol–water partition coefficient (Wildman–Crippen LogP) is 3.27. The van der Waals surface area contributed by atoms with Crippen molar-refractivity contribution in [3.63, 3.8) is 0 Å². The summed E-state index contributed by atoms with van der Waals surface area (Å²) in [5, 5.41) is 0. The monoisotopic (exact) mass is 285 g/mol. The molecule has 0 aromatic heterocycles. The van der Waals surface area contributed by atoms with Gasteiger partial charge in [-0.05, 0) is 55.2 Å². The number of aryl methyl sites for hydroxylation is 2. The van der Waals surface area contributed by atoms with E-state index in [4.69, 9.17) is 10.5 Å². The summed E-state index contributed by atoms with van der Waals surface area (Å²) in [4.78, 5) is 10.6. The van der Waals surface area contributed by atoms with E-state index in [0.29, 0.717) is 13.0 Å². The second-order valence-corrected chi connectivity index (χ2v) is 4.94. The maximum Gasteiger partial charge on any atom is 0.137 e. The van der Waals surface area contributed by atoms with Crippen LogP contribution in [0.3, 0.4) is 0 Å². The highest BCUT2D eigenvalue weighted by molar-refractivity contribution is 5.58. The third-order valence-corrected chi connectivity index (χ3v) is 3.13. The van der Waals surface area contributed by atoms with Crippen LogP contribution in [-0.2, 0) is 4.79 Å². The zero-order valence-electron chi connectivity index (χ0n) is 12.7. The summed E-state index contributed by atoms with van der Waals surface area (Å²) in [5.41, 5.74) is 9.03. The zero-order chi connectivity index (χ0) is 15.7. The summed E-state index contributed by atoms with van der Waals surface area (Å²) in [6.07, 6.45) is 8.58. The molecule has 1 aromatic rings. The molecule has 0 fully saturated rings. The molecule has 1 aromatic carbocycles. The highest BCUT2D eigenvalue weighted by Crippen LogP contribution is 2.16. The lowest BCUT2D eigenvalue weighted by atomic mass is 10.1. The molecule has 3 heteroatoms. The van der Waals surface area contributed by atoms with Gasteiger partial charge >= 0.3 is 0 Å². The number of hydrogen-bond donors (Lipinski definition) is 1. The van der Waals surface area contributed by atoms with Gasteiger partial charge in [-0.1, -0.05) is 30.9 Å². The Kier molecular flexibility index (Phi) is 7.19. The molecule has 0 aliphatic heterocycles. The van der Waals surface area contributed by atoms with Crippen molar-refractivity contribution in [3.8, 4) is 5.75 Å². The first kappa shape index (κ1) is 16.9. The largest absolute Gasteiger partial charge is 0.490 e. The first-order valence-corrected chi connectivity index (χ1v) is 6.96. The summed E-state index contributed by atoms with van der Waals surface area (Å²) < 4.78 is 5.66. The van der Waals surface area contributed by atoms with Gasteiger partial charge in [-0.15, -0.1) is 0 Å². The van der Waals surface area contributed by atoms with Gasteiger partial charge in [0.1, 0.15) is 18.6 Å². The number of nitrogens with two attached hydrogens (primary N) is 1. The van der Waals surface area contributed by atoms with Crippen LogP contribution in [0.2, 0.25) is 0 Å². The molecule has 21 heavy (non-hydrogen) atoms. The van der Waals surface area contributed by atoms with E-state index in [1.54, 1.807) is 6.08 Å². The van der Waals surface area contributed by atoms with Gasteiger partial charge in [-0.3, -0.25) is 0 Å². The summed E-state index contributed by atoms with van der Waals surface area (Å²) in [5.74, 6) is 0.849. The Labute approximate surface area is 126 Å². The molecular weight excluding hydrogens is 262 g/mol. The van der Waals surface area contributed by atoms with Gasteiger partial charge in [0.2, 0.25) is 0 Å². The maximum absolute atomic E-state index is 10.6. The molecule has 0 aliphatic rings. The van der Waals surface area contributed by atoms with Crippen molar-refractivity contribution < 1.29 is 9.53 Å². The summed E-state index contributed by atoms with van der Waals surface area (Å²) in [7, 11) is 0. The maximum atomic E-state index is 10.6. The fourth-order valence-corrected chi connectivity index (χ4v) is 1.81. The molecule has 0 spiro atoms. The van der Waals surface area contributed by atoms with E-state index in [0.717, 1.165) is 17.6 Å². The molecule has 3 nitrogen and oxygen atoms in total. The minimum absolute atomic E-state index is 0.466. The summed E-state index contributed by atoms with van der Waals surface area (Å²) in [6.45, 7) is 8.25. The average Bonchev–Trinajstić information content (AvgIpc) is 2.47. The van der Waals surface area contributed by atoms with Crippen molar-refractivity contribution in [3.05, 3.63) is 65.8 Å². The lowest BCUT2D eigenvalue weighted by molar-refractivity contribution is -0.108. The number of hydrogen-bond acceptors (Lipinski definition) is 3. The number of benzene rings is 1. The first-order chi connectivity index (χ1) is 10.1. The molecule has 1 unspecified atom stereocenters. The Bertz CT molecular complexity index is 544. The molecule has 0 radical (unpaired) electrons. The van der Waals surface area contributed by atoms with Crippen molar-refractivity contribution in [2.45, 2.75) is 26.3 Å². The third kappa shape index (κ3) is 6.23. The second-order valence-electron chi connectivity index (χ2n) is 4.94. The van der Waals surface area contributed by atoms with Gasteiger partial charge in [0.25, 0.3) is 0 Å². The molecular formula is C18H23NO2. The van der Waals surface area contributed by atoms with Crippen LogP contribution in [0.4, 0.5) is 0 Å². The first-order valence-electron chi connectivity index (χ1n) is 6.96. The molecule has 0 heterocycles. The van der Waals surface area contributed by atoms with E-state index in [2.05, 4.69) is 20.4 Å². The number of allylic oxidation sites excluding steroid dienone is 3. The standard InChI is InChI=1S/C18H23NO2/c1-4-6-16(12-17(19)13-20)7-5-10-21-18-9-8-14(2)15(3)11-18/h4-9,11,13,17H,1,10,12,19H2,2-3H3/b7-5-,16-6+. The number of rotatable bonds is 8. The number of aldehydes is 1. The molecule has 1 rings (SSSR count). The van der Waals surface area contributed by atoms with E-state index in [9.17, 15) is 4.79 Å². The van der Waals surface area contributed by atoms with Gasteiger partial charge in [0.05, 0.1) is 6.04 Å². The topological polar surface area (TPSA) is 52.3 Å². The highest BCUT2D eigenvalue weighted by Gasteiger charge is 2.01. The third-order valence-electron chi connectivity index (χ3n) is 3.13. The number of ether oxygens (including phenoxy) is 1. The highest BCUT2D eigenvalue weighted by atomic mass is 16.5. The summed E-state index contributed by atoms with van der Waals surface area (Å²) in [6, 6.07) is 5.53. The average molecular weight is 285 g/mol. The van der Waals surface area contributed by atoms with Crippen LogP contribution < -0.4 is 10.5 Å². The van der Waals surface area contributed by atoms with Crippen LogP contribution in [-0.4, -0.2) is 18.9 Å². The van der Waals surface area contributed by atoms with Crippen LogP contribution >= 0.6 is 0 Å². The number of carbonyl (C=O) groups is 1. The van der Waals surface area contributed by atoms with Gasteiger partial charge in [0.15, 0.2) is 0 Å². The van der Waals surface area contributed by atoms with E-state index in [1.807, 2.05) is 36.4 Å². The van der Waals surface area contributed by atoms with Crippen LogP contribution in [0.1, 0.15) is 17.5 Å². The molecule has 0 saturated heterocycles. The van der Waals surface area contributed by atoms with Gasteiger partial charge < -0.3 is 15.3 Å². The summed E-state index contributed by atoms with van der Waals surface area (Å²) >= 11 is 0. The van der Waals surface area contributed by atoms with Crippen LogP contribution in [0, 0.1) is 13.8 Å². The number of carbonyl (C=O) groups excluding carboxylic acids is 1. The Hall–Kier alpha value is -2.13. The smallest absolute Gasteiger partial charge is 0.137 e. The van der Waals surface area contributed by atoms with Crippen molar-refractivity contribution in [1.29, 1.82) is 0 Å². The molecule has 112 valence electrons. The molecule has 1 atom stereocenters. The Morgan fingerprint density at radius 1 is 1.38 bits per heavy atom. The fraction of sp³-hybridized carbons (Fsp3) is 0.278. The molecule has 0 saturated carbocycles. The molecule has 0 bridgehead atoms. The molecule has 0 amide bonds. The van der Waals surface area contributed by atoms with Gasteiger partial charge in [0, 0.05) is 0 Å².